The first-order valence-corrected chi connectivity index (χ1v) is 8.54. The van der Waals surface area contributed by atoms with E-state index >= 15 is 0 Å². The van der Waals surface area contributed by atoms with E-state index in [9.17, 15) is 13.2 Å². The Morgan fingerprint density at radius 2 is 1.95 bits per heavy atom. The number of sulfonamides is 1. The maximum atomic E-state index is 12.0. The monoisotopic (exact) mass is 311 g/mol. The number of benzene rings is 1. The van der Waals surface area contributed by atoms with Crippen molar-refractivity contribution >= 4 is 21.6 Å². The van der Waals surface area contributed by atoms with Crippen LogP contribution in [0, 0.1) is 0 Å². The van der Waals surface area contributed by atoms with E-state index < -0.39 is 10.0 Å². The molecule has 1 aromatic carbocycles. The van der Waals surface area contributed by atoms with Crippen LogP contribution in [0.4, 0.5) is 5.69 Å². The fourth-order valence-corrected chi connectivity index (χ4v) is 3.78. The van der Waals surface area contributed by atoms with Crippen molar-refractivity contribution in [3.63, 3.8) is 0 Å². The Bertz CT molecular complexity index is 596. The average Bonchev–Trinajstić information content (AvgIpc) is 2.78. The lowest BCUT2D eigenvalue weighted by molar-refractivity contribution is 0.0952. The normalized spacial score (nSPS) is 17.6. The molecule has 21 heavy (non-hydrogen) atoms. The second-order valence-corrected chi connectivity index (χ2v) is 7.35. The lowest BCUT2D eigenvalue weighted by Crippen LogP contribution is -2.35. The molecule has 2 rings (SSSR count). The van der Waals surface area contributed by atoms with Crippen LogP contribution in [0.1, 0.15) is 16.8 Å². The molecule has 0 bridgehead atoms. The molecule has 1 aliphatic heterocycles. The highest BCUT2D eigenvalue weighted by Crippen LogP contribution is 2.13. The molecule has 1 fully saturated rings. The van der Waals surface area contributed by atoms with Crippen LogP contribution >= 0.6 is 0 Å². The summed E-state index contributed by atoms with van der Waals surface area (Å²) >= 11 is 0. The lowest BCUT2D eigenvalue weighted by Gasteiger charge is -2.15. The summed E-state index contributed by atoms with van der Waals surface area (Å²) < 4.78 is 24.7. The molecule has 0 aliphatic carbocycles. The molecule has 1 aliphatic rings. The molecule has 1 saturated heterocycles. The van der Waals surface area contributed by atoms with E-state index in [1.54, 1.807) is 12.1 Å². The minimum absolute atomic E-state index is 0.183. The van der Waals surface area contributed by atoms with E-state index in [1.165, 1.54) is 4.31 Å². The summed E-state index contributed by atoms with van der Waals surface area (Å²) in [5.74, 6) is 0.0318. The molecule has 0 radical (unpaired) electrons. The number of hydrogen-bond donors (Lipinski definition) is 1. The zero-order valence-electron chi connectivity index (χ0n) is 12.4. The van der Waals surface area contributed by atoms with E-state index in [0.29, 0.717) is 31.6 Å². The zero-order chi connectivity index (χ0) is 15.5. The second-order valence-electron chi connectivity index (χ2n) is 5.27. The summed E-state index contributed by atoms with van der Waals surface area (Å²) in [6.07, 6.45) is 0.669. The lowest BCUT2D eigenvalue weighted by atomic mass is 10.2. The number of rotatable bonds is 5. The number of carbonyl (C=O) groups is 1. The van der Waals surface area contributed by atoms with Crippen LogP contribution in [-0.4, -0.2) is 58.1 Å². The van der Waals surface area contributed by atoms with Crippen LogP contribution < -0.4 is 10.2 Å². The van der Waals surface area contributed by atoms with Gasteiger partial charge in [0.05, 0.1) is 5.75 Å². The standard InChI is InChI=1S/C14H21N3O3S/c1-16(2)13-6-4-12(5-7-13)14(18)15-8-10-17-9-3-11-21(17,19)20/h4-7H,3,8-11H2,1-2H3,(H,15,18). The Morgan fingerprint density at radius 1 is 1.29 bits per heavy atom. The Kier molecular flexibility index (Phi) is 4.84. The first-order valence-electron chi connectivity index (χ1n) is 6.93. The molecule has 1 aromatic rings. The Hall–Kier alpha value is -1.60. The number of nitrogens with zero attached hydrogens (tertiary/aromatic N) is 2. The van der Waals surface area contributed by atoms with Crippen molar-refractivity contribution in [3.8, 4) is 0 Å². The first kappa shape index (κ1) is 15.8. The molecule has 0 saturated carbocycles. The van der Waals surface area contributed by atoms with E-state index in [4.69, 9.17) is 0 Å². The highest BCUT2D eigenvalue weighted by Gasteiger charge is 2.27. The van der Waals surface area contributed by atoms with Gasteiger partial charge in [-0.3, -0.25) is 4.79 Å². The van der Waals surface area contributed by atoms with Crippen LogP contribution in [-0.2, 0) is 10.0 Å². The van der Waals surface area contributed by atoms with Gasteiger partial charge < -0.3 is 10.2 Å². The third kappa shape index (κ3) is 3.95. The molecule has 1 N–H and O–H groups in total. The van der Waals surface area contributed by atoms with Gasteiger partial charge >= 0.3 is 0 Å². The van der Waals surface area contributed by atoms with Crippen molar-refractivity contribution < 1.29 is 13.2 Å². The van der Waals surface area contributed by atoms with Crippen LogP contribution in [0.2, 0.25) is 0 Å². The van der Waals surface area contributed by atoms with Crippen molar-refractivity contribution in [2.24, 2.45) is 0 Å². The average molecular weight is 311 g/mol. The van der Waals surface area contributed by atoms with E-state index in [0.717, 1.165) is 5.69 Å². The highest BCUT2D eigenvalue weighted by molar-refractivity contribution is 7.89. The van der Waals surface area contributed by atoms with E-state index in [1.807, 2.05) is 31.1 Å². The quantitative estimate of drug-likeness (QED) is 0.860. The minimum Gasteiger partial charge on any atom is -0.378 e. The molecule has 0 spiro atoms. The van der Waals surface area contributed by atoms with Crippen molar-refractivity contribution in [1.29, 1.82) is 0 Å². The fourth-order valence-electron chi connectivity index (χ4n) is 2.25. The van der Waals surface area contributed by atoms with Gasteiger partial charge in [-0.2, -0.15) is 0 Å². The highest BCUT2D eigenvalue weighted by atomic mass is 32.2. The third-order valence-corrected chi connectivity index (χ3v) is 5.45. The van der Waals surface area contributed by atoms with E-state index in [-0.39, 0.29) is 11.7 Å². The van der Waals surface area contributed by atoms with Gasteiger partial charge in [-0.15, -0.1) is 0 Å². The second kappa shape index (κ2) is 6.44. The fraction of sp³-hybridized carbons (Fsp3) is 0.500. The van der Waals surface area contributed by atoms with Gasteiger partial charge in [-0.1, -0.05) is 0 Å². The van der Waals surface area contributed by atoms with Crippen molar-refractivity contribution in [1.82, 2.24) is 9.62 Å². The maximum Gasteiger partial charge on any atom is 0.251 e. The van der Waals surface area contributed by atoms with Crippen molar-refractivity contribution in [2.45, 2.75) is 6.42 Å². The largest absolute Gasteiger partial charge is 0.378 e. The molecule has 1 heterocycles. The zero-order valence-corrected chi connectivity index (χ0v) is 13.2. The summed E-state index contributed by atoms with van der Waals surface area (Å²) in [7, 11) is 0.784. The smallest absolute Gasteiger partial charge is 0.251 e. The first-order chi connectivity index (χ1) is 9.90. The maximum absolute atomic E-state index is 12.0. The van der Waals surface area contributed by atoms with Gasteiger partial charge in [0.2, 0.25) is 10.0 Å². The molecule has 0 atom stereocenters. The summed E-state index contributed by atoms with van der Waals surface area (Å²) in [6.45, 7) is 1.22. The van der Waals surface area contributed by atoms with Gasteiger partial charge in [-0.25, -0.2) is 12.7 Å². The van der Waals surface area contributed by atoms with Crippen LogP contribution in [0.15, 0.2) is 24.3 Å². The molecular formula is C14H21N3O3S. The van der Waals surface area contributed by atoms with E-state index in [2.05, 4.69) is 5.32 Å². The Labute approximate surface area is 125 Å². The molecule has 7 heteroatoms. The summed E-state index contributed by atoms with van der Waals surface area (Å²) in [6, 6.07) is 7.27. The molecule has 0 aromatic heterocycles. The van der Waals surface area contributed by atoms with Gasteiger partial charge in [0.1, 0.15) is 0 Å². The molecule has 0 unspecified atom stereocenters. The SMILES string of the molecule is CN(C)c1ccc(C(=O)NCCN2CCCS2(=O)=O)cc1. The molecule has 1 amide bonds. The number of amides is 1. The molecular weight excluding hydrogens is 290 g/mol. The number of anilines is 1. The van der Waals surface area contributed by atoms with Gasteiger partial charge in [0.15, 0.2) is 0 Å². The van der Waals surface area contributed by atoms with Crippen LogP contribution in [0.25, 0.3) is 0 Å². The third-order valence-electron chi connectivity index (χ3n) is 3.50. The molecule has 116 valence electrons. The Morgan fingerprint density at radius 3 is 2.48 bits per heavy atom. The number of nitrogens with one attached hydrogen (secondary N) is 1. The predicted octanol–water partition coefficient (Wildman–Crippen LogP) is 0.518. The van der Waals surface area contributed by atoms with Crippen molar-refractivity contribution in [2.75, 3.05) is 44.4 Å². The Balaban J connectivity index is 1.84. The molecule has 6 nitrogen and oxygen atoms in total. The topological polar surface area (TPSA) is 69.7 Å². The number of carbonyl (C=O) groups excluding carboxylic acids is 1. The van der Waals surface area contributed by atoms with Crippen LogP contribution in [0.5, 0.6) is 0 Å². The summed E-state index contributed by atoms with van der Waals surface area (Å²) in [5.41, 5.74) is 1.60. The van der Waals surface area contributed by atoms with Gasteiger partial charge in [0, 0.05) is 45.0 Å². The summed E-state index contributed by atoms with van der Waals surface area (Å²) in [4.78, 5) is 13.9. The predicted molar refractivity (Wildman–Crippen MR) is 83.1 cm³/mol. The summed E-state index contributed by atoms with van der Waals surface area (Å²) in [5, 5.41) is 2.75. The van der Waals surface area contributed by atoms with Crippen molar-refractivity contribution in [3.05, 3.63) is 29.8 Å². The number of hydrogen-bond acceptors (Lipinski definition) is 4. The van der Waals surface area contributed by atoms with Crippen LogP contribution in [0.3, 0.4) is 0 Å². The minimum atomic E-state index is -3.09. The van der Waals surface area contributed by atoms with Gasteiger partial charge in [0.25, 0.3) is 5.91 Å². The van der Waals surface area contributed by atoms with Gasteiger partial charge in [-0.05, 0) is 30.7 Å².